The minimum absolute atomic E-state index is 0.0684. The fraction of sp³-hybridized carbons (Fsp3) is 0.281. The molecule has 11 nitrogen and oxygen atoms in total. The summed E-state index contributed by atoms with van der Waals surface area (Å²) >= 11 is 13.7. The summed E-state index contributed by atoms with van der Waals surface area (Å²) in [6, 6.07) is 15.8. The first-order valence-electron chi connectivity index (χ1n) is 14.0. The average molecular weight is 653 g/mol. The third-order valence-electron chi connectivity index (χ3n) is 8.03. The van der Waals surface area contributed by atoms with Gasteiger partial charge in [-0.3, -0.25) is 14.5 Å². The Balaban J connectivity index is 1.39. The van der Waals surface area contributed by atoms with Crippen molar-refractivity contribution in [2.24, 2.45) is 7.05 Å². The highest BCUT2D eigenvalue weighted by Gasteiger charge is 2.41. The summed E-state index contributed by atoms with van der Waals surface area (Å²) in [5.41, 5.74) is 1.83. The zero-order chi connectivity index (χ0) is 32.3. The second kappa shape index (κ2) is 13.4. The minimum Gasteiger partial charge on any atom is -0.481 e. The number of aromatic nitrogens is 3. The van der Waals surface area contributed by atoms with Gasteiger partial charge in [-0.2, -0.15) is 5.10 Å². The summed E-state index contributed by atoms with van der Waals surface area (Å²) in [5.74, 6) is -1.12. The lowest BCUT2D eigenvalue weighted by Gasteiger charge is -2.37. The molecule has 0 bridgehead atoms. The predicted octanol–water partition coefficient (Wildman–Crippen LogP) is 5.14. The van der Waals surface area contributed by atoms with Crippen LogP contribution in [0.15, 0.2) is 65.6 Å². The van der Waals surface area contributed by atoms with Gasteiger partial charge in [0.25, 0.3) is 11.5 Å². The molecule has 0 unspecified atom stereocenters. The molecule has 5 rings (SSSR count). The lowest BCUT2D eigenvalue weighted by atomic mass is 9.91. The number of nitrogens with zero attached hydrogens (tertiary/aromatic N) is 4. The number of piperidine rings is 1. The first-order valence-corrected chi connectivity index (χ1v) is 14.8. The van der Waals surface area contributed by atoms with Crippen molar-refractivity contribution in [3.63, 3.8) is 0 Å². The molecule has 1 fully saturated rings. The number of nitrogens with one attached hydrogen (secondary N) is 1. The fourth-order valence-corrected chi connectivity index (χ4v) is 5.98. The number of halogens is 2. The van der Waals surface area contributed by atoms with E-state index in [1.807, 2.05) is 30.3 Å². The Morgan fingerprint density at radius 2 is 1.64 bits per heavy atom. The van der Waals surface area contributed by atoms with E-state index >= 15 is 0 Å². The second-order valence-corrected chi connectivity index (χ2v) is 11.4. The van der Waals surface area contributed by atoms with Crippen LogP contribution in [0.3, 0.4) is 0 Å². The number of benzene rings is 2. The summed E-state index contributed by atoms with van der Waals surface area (Å²) in [5, 5.41) is 16.8. The Labute approximate surface area is 269 Å². The number of aliphatic carboxylic acids is 1. The zero-order valence-electron chi connectivity index (χ0n) is 24.8. The van der Waals surface area contributed by atoms with Gasteiger partial charge in [-0.1, -0.05) is 59.6 Å². The number of carboxylic acids is 1. The molecule has 2 N–H and O–H groups in total. The van der Waals surface area contributed by atoms with Gasteiger partial charge in [0.1, 0.15) is 5.56 Å². The molecule has 0 atom stereocenters. The minimum atomic E-state index is -1.16. The van der Waals surface area contributed by atoms with Crippen molar-refractivity contribution >= 4 is 40.8 Å². The number of pyridine rings is 1. The standard InChI is InChI=1S/C32H31Cl2N5O6/c1-38-30(41)23(12-15-35-38)28(40)36-25-9-5-7-21(27(25)34)20-6-4-8-22(26(20)33)24-11-10-19(29(37-24)44-2)18-39-16-13-32(45-3,14-17-39)31(42)43/h4-12,15H,13-14,16-18H2,1-3H3,(H,36,40)(H,42,43). The molecule has 0 spiro atoms. The Kier molecular flexibility index (Phi) is 9.54. The van der Waals surface area contributed by atoms with Gasteiger partial charge >= 0.3 is 5.97 Å². The Bertz CT molecular complexity index is 1820. The van der Waals surface area contributed by atoms with E-state index in [0.717, 1.165) is 10.2 Å². The molecule has 0 aliphatic carbocycles. The summed E-state index contributed by atoms with van der Waals surface area (Å²) in [6.45, 7) is 1.64. The lowest BCUT2D eigenvalue weighted by Crippen LogP contribution is -2.50. The largest absolute Gasteiger partial charge is 0.481 e. The van der Waals surface area contributed by atoms with Crippen LogP contribution in [0.4, 0.5) is 5.69 Å². The lowest BCUT2D eigenvalue weighted by molar-refractivity contribution is -0.168. The van der Waals surface area contributed by atoms with Crippen LogP contribution in [0, 0.1) is 0 Å². The number of hydrogen-bond acceptors (Lipinski definition) is 8. The van der Waals surface area contributed by atoms with Crippen molar-refractivity contribution in [1.29, 1.82) is 0 Å². The molecular formula is C32H31Cl2N5O6. The highest BCUT2D eigenvalue weighted by atomic mass is 35.5. The maximum Gasteiger partial charge on any atom is 0.336 e. The third-order valence-corrected chi connectivity index (χ3v) is 8.85. The van der Waals surface area contributed by atoms with Crippen molar-refractivity contribution in [2.45, 2.75) is 25.0 Å². The molecule has 1 saturated heterocycles. The number of carbonyl (C=O) groups is 2. The number of likely N-dealkylation sites (tertiary alicyclic amines) is 1. The highest BCUT2D eigenvalue weighted by molar-refractivity contribution is 6.39. The molecule has 2 aromatic carbocycles. The summed E-state index contributed by atoms with van der Waals surface area (Å²) in [4.78, 5) is 43.9. The number of aryl methyl sites for hydroxylation is 1. The van der Waals surface area contributed by atoms with Crippen molar-refractivity contribution in [3.8, 4) is 28.3 Å². The van der Waals surface area contributed by atoms with Crippen LogP contribution in [-0.2, 0) is 23.1 Å². The quantitative estimate of drug-likeness (QED) is 0.252. The van der Waals surface area contributed by atoms with E-state index in [2.05, 4.69) is 15.3 Å². The van der Waals surface area contributed by atoms with E-state index < -0.39 is 23.0 Å². The van der Waals surface area contributed by atoms with E-state index in [1.54, 1.807) is 25.3 Å². The molecule has 3 heterocycles. The van der Waals surface area contributed by atoms with Crippen LogP contribution < -0.4 is 15.6 Å². The maximum absolute atomic E-state index is 12.9. The van der Waals surface area contributed by atoms with E-state index in [-0.39, 0.29) is 10.6 Å². The van der Waals surface area contributed by atoms with Crippen LogP contribution in [0.2, 0.25) is 10.0 Å². The molecule has 4 aromatic rings. The predicted molar refractivity (Wildman–Crippen MR) is 171 cm³/mol. The van der Waals surface area contributed by atoms with Gasteiger partial charge in [-0.15, -0.1) is 0 Å². The summed E-state index contributed by atoms with van der Waals surface area (Å²) < 4.78 is 12.1. The average Bonchev–Trinajstić information content (AvgIpc) is 3.04. The number of carboxylic acid groups (broad SMARTS) is 1. The number of methoxy groups -OCH3 is 2. The van der Waals surface area contributed by atoms with E-state index in [1.165, 1.54) is 26.4 Å². The third kappa shape index (κ3) is 6.43. The molecule has 2 aromatic heterocycles. The van der Waals surface area contributed by atoms with Gasteiger partial charge in [-0.05, 0) is 31.0 Å². The normalized spacial score (nSPS) is 14.6. The number of rotatable bonds is 9. The van der Waals surface area contributed by atoms with Crippen LogP contribution in [0.5, 0.6) is 5.88 Å². The smallest absolute Gasteiger partial charge is 0.336 e. The number of ether oxygens (including phenoxy) is 2. The zero-order valence-corrected chi connectivity index (χ0v) is 26.4. The Hall–Kier alpha value is -4.29. The van der Waals surface area contributed by atoms with Crippen molar-refractivity contribution in [3.05, 3.63) is 92.3 Å². The van der Waals surface area contributed by atoms with Crippen LogP contribution >= 0.6 is 23.2 Å². The molecule has 0 radical (unpaired) electrons. The number of hydrogen-bond donors (Lipinski definition) is 2. The molecule has 1 aliphatic heterocycles. The SMILES string of the molecule is COc1nc(-c2cccc(-c3cccc(NC(=O)c4ccnn(C)c4=O)c3Cl)c2Cl)ccc1CN1CCC(OC)(C(=O)O)CC1. The molecular weight excluding hydrogens is 621 g/mol. The molecule has 0 saturated carbocycles. The van der Waals surface area contributed by atoms with Gasteiger partial charge < -0.3 is 19.9 Å². The number of amides is 1. The fourth-order valence-electron chi connectivity index (χ4n) is 5.38. The van der Waals surface area contributed by atoms with Crippen molar-refractivity contribution in [2.75, 3.05) is 32.6 Å². The first kappa shape index (κ1) is 32.1. The molecule has 234 valence electrons. The van der Waals surface area contributed by atoms with Crippen LogP contribution in [0.25, 0.3) is 22.4 Å². The summed E-state index contributed by atoms with van der Waals surface area (Å²) in [6.07, 6.45) is 2.13. The Morgan fingerprint density at radius 3 is 2.31 bits per heavy atom. The van der Waals surface area contributed by atoms with Crippen molar-refractivity contribution < 1.29 is 24.2 Å². The molecule has 45 heavy (non-hydrogen) atoms. The maximum atomic E-state index is 12.9. The van der Waals surface area contributed by atoms with Gasteiger partial charge in [0.2, 0.25) is 5.88 Å². The number of anilines is 1. The van der Waals surface area contributed by atoms with Gasteiger partial charge in [-0.25, -0.2) is 14.5 Å². The topological polar surface area (TPSA) is 136 Å². The van der Waals surface area contributed by atoms with E-state index in [9.17, 15) is 19.5 Å². The van der Waals surface area contributed by atoms with Gasteiger partial charge in [0, 0.05) is 62.2 Å². The van der Waals surface area contributed by atoms with Crippen LogP contribution in [-0.4, -0.2) is 69.6 Å². The second-order valence-electron chi connectivity index (χ2n) is 10.6. The molecule has 13 heteroatoms. The molecule has 1 aliphatic rings. The summed E-state index contributed by atoms with van der Waals surface area (Å²) in [7, 11) is 4.45. The first-order chi connectivity index (χ1) is 21.6. The van der Waals surface area contributed by atoms with Gasteiger partial charge in [0.05, 0.1) is 28.5 Å². The molecule has 1 amide bonds. The van der Waals surface area contributed by atoms with E-state index in [0.29, 0.717) is 71.5 Å². The van der Waals surface area contributed by atoms with Crippen LogP contribution in [0.1, 0.15) is 28.8 Å². The number of carbonyl (C=O) groups excluding carboxylic acids is 1. The van der Waals surface area contributed by atoms with Gasteiger partial charge in [0.15, 0.2) is 5.60 Å². The highest BCUT2D eigenvalue weighted by Crippen LogP contribution is 2.41. The monoisotopic (exact) mass is 651 g/mol. The van der Waals surface area contributed by atoms with E-state index in [4.69, 9.17) is 37.7 Å². The Morgan fingerprint density at radius 1 is 0.978 bits per heavy atom. The van der Waals surface area contributed by atoms with Crippen molar-refractivity contribution in [1.82, 2.24) is 19.7 Å².